The summed E-state index contributed by atoms with van der Waals surface area (Å²) in [5, 5.41) is 3.73. The van der Waals surface area contributed by atoms with E-state index in [9.17, 15) is 18.0 Å². The lowest BCUT2D eigenvalue weighted by Gasteiger charge is -2.33. The minimum absolute atomic E-state index is 0.0321. The number of benzene rings is 3. The summed E-state index contributed by atoms with van der Waals surface area (Å²) in [5.74, 6) is -0.346. The standard InChI is InChI=1S/C32H37Cl2N3O5S2/c1-4-42-25-14-12-24(13-15-25)37(44(40,41)27-18-16-26(43-3)17-19-27)21-31(38)36(20-28-29(33)10-7-11-30(28)34)22(2)32(39)35-23-8-5-6-9-23/h7,10-19,22-23H,4-6,8-9,20-21H2,1-3H3,(H,35,39)/t22-/m0/s1. The molecule has 1 saturated carbocycles. The fourth-order valence-electron chi connectivity index (χ4n) is 5.11. The number of sulfonamides is 1. The molecular weight excluding hydrogens is 641 g/mol. The molecule has 0 heterocycles. The second-order valence-electron chi connectivity index (χ2n) is 10.5. The molecule has 12 heteroatoms. The van der Waals surface area contributed by atoms with Crippen LogP contribution in [0.5, 0.6) is 5.75 Å². The third kappa shape index (κ3) is 8.21. The number of hydrogen-bond donors (Lipinski definition) is 1. The topological polar surface area (TPSA) is 96.0 Å². The highest BCUT2D eigenvalue weighted by Gasteiger charge is 2.34. The number of amides is 2. The van der Waals surface area contributed by atoms with Gasteiger partial charge in [0.25, 0.3) is 10.0 Å². The van der Waals surface area contributed by atoms with E-state index in [-0.39, 0.29) is 29.1 Å². The molecule has 1 fully saturated rings. The second-order valence-corrected chi connectivity index (χ2v) is 14.1. The van der Waals surface area contributed by atoms with Gasteiger partial charge in [0.1, 0.15) is 18.3 Å². The molecule has 0 saturated heterocycles. The Hall–Kier alpha value is -2.92. The molecular formula is C32H37Cl2N3O5S2. The van der Waals surface area contributed by atoms with Crippen LogP contribution < -0.4 is 14.4 Å². The molecule has 0 aliphatic heterocycles. The smallest absolute Gasteiger partial charge is 0.264 e. The molecule has 0 unspecified atom stereocenters. The zero-order valence-corrected chi connectivity index (χ0v) is 28.1. The van der Waals surface area contributed by atoms with Gasteiger partial charge in [-0.05, 0) is 93.6 Å². The Morgan fingerprint density at radius 2 is 1.61 bits per heavy atom. The van der Waals surface area contributed by atoms with Crippen LogP contribution in [0.1, 0.15) is 45.1 Å². The summed E-state index contributed by atoms with van der Waals surface area (Å²) < 4.78 is 34.8. The van der Waals surface area contributed by atoms with E-state index in [2.05, 4.69) is 5.32 Å². The van der Waals surface area contributed by atoms with Crippen LogP contribution in [0, 0.1) is 0 Å². The number of carbonyl (C=O) groups excluding carboxylic acids is 2. The summed E-state index contributed by atoms with van der Waals surface area (Å²) in [7, 11) is -4.20. The Bertz CT molecular complexity index is 1530. The second kappa shape index (κ2) is 15.4. The van der Waals surface area contributed by atoms with Crippen LogP contribution >= 0.6 is 35.0 Å². The minimum Gasteiger partial charge on any atom is -0.494 e. The Kier molecular flexibility index (Phi) is 11.9. The van der Waals surface area contributed by atoms with Crippen molar-refractivity contribution in [2.45, 2.75) is 68.0 Å². The first-order chi connectivity index (χ1) is 21.0. The first kappa shape index (κ1) is 34.0. The van der Waals surface area contributed by atoms with Gasteiger partial charge >= 0.3 is 0 Å². The number of carbonyl (C=O) groups is 2. The maximum atomic E-state index is 14.2. The molecule has 0 bridgehead atoms. The van der Waals surface area contributed by atoms with E-state index < -0.39 is 28.5 Å². The molecule has 0 radical (unpaired) electrons. The fourth-order valence-corrected chi connectivity index (χ4v) is 7.45. The quantitative estimate of drug-likeness (QED) is 0.200. The predicted octanol–water partition coefficient (Wildman–Crippen LogP) is 6.79. The molecule has 2 amide bonds. The van der Waals surface area contributed by atoms with Crippen molar-refractivity contribution in [3.63, 3.8) is 0 Å². The van der Waals surface area contributed by atoms with Crippen molar-refractivity contribution < 1.29 is 22.7 Å². The number of hydrogen-bond acceptors (Lipinski definition) is 6. The number of anilines is 1. The normalized spacial score (nSPS) is 14.2. The summed E-state index contributed by atoms with van der Waals surface area (Å²) in [4.78, 5) is 29.9. The van der Waals surface area contributed by atoms with Crippen LogP contribution in [-0.4, -0.2) is 56.6 Å². The van der Waals surface area contributed by atoms with Gasteiger partial charge in [0.15, 0.2) is 0 Å². The Labute approximate surface area is 274 Å². The first-order valence-electron chi connectivity index (χ1n) is 14.5. The Morgan fingerprint density at radius 3 is 2.18 bits per heavy atom. The lowest BCUT2D eigenvalue weighted by Crippen LogP contribution is -2.52. The third-order valence-electron chi connectivity index (χ3n) is 7.62. The third-order valence-corrected chi connectivity index (χ3v) is 10.9. The average Bonchev–Trinajstić information content (AvgIpc) is 3.53. The molecule has 3 aromatic carbocycles. The van der Waals surface area contributed by atoms with E-state index >= 15 is 0 Å². The number of ether oxygens (including phenoxy) is 1. The molecule has 1 aliphatic carbocycles. The van der Waals surface area contributed by atoms with Gasteiger partial charge in [-0.2, -0.15) is 0 Å². The number of nitrogens with zero attached hydrogens (tertiary/aromatic N) is 2. The molecule has 4 rings (SSSR count). The van der Waals surface area contributed by atoms with Gasteiger partial charge in [-0.15, -0.1) is 11.8 Å². The van der Waals surface area contributed by atoms with Gasteiger partial charge in [-0.1, -0.05) is 42.1 Å². The van der Waals surface area contributed by atoms with Crippen molar-refractivity contribution in [2.75, 3.05) is 23.7 Å². The largest absolute Gasteiger partial charge is 0.494 e. The summed E-state index contributed by atoms with van der Waals surface area (Å²) in [6, 6.07) is 17.1. The van der Waals surface area contributed by atoms with Crippen molar-refractivity contribution in [3.8, 4) is 5.75 Å². The van der Waals surface area contributed by atoms with E-state index in [1.807, 2.05) is 13.2 Å². The molecule has 3 aromatic rings. The summed E-state index contributed by atoms with van der Waals surface area (Å²) in [5.41, 5.74) is 0.738. The zero-order chi connectivity index (χ0) is 31.9. The van der Waals surface area contributed by atoms with Crippen molar-refractivity contribution in [3.05, 3.63) is 82.3 Å². The number of nitrogens with one attached hydrogen (secondary N) is 1. The van der Waals surface area contributed by atoms with Crippen molar-refractivity contribution in [1.29, 1.82) is 0 Å². The van der Waals surface area contributed by atoms with E-state index in [0.29, 0.717) is 28.0 Å². The molecule has 44 heavy (non-hydrogen) atoms. The van der Waals surface area contributed by atoms with Crippen molar-refractivity contribution in [1.82, 2.24) is 10.2 Å². The zero-order valence-electron chi connectivity index (χ0n) is 25.0. The van der Waals surface area contributed by atoms with Crippen LogP contribution in [0.3, 0.4) is 0 Å². The summed E-state index contributed by atoms with van der Waals surface area (Å²) in [6.45, 7) is 3.27. The maximum absolute atomic E-state index is 14.2. The van der Waals surface area contributed by atoms with Crippen LogP contribution in [0.4, 0.5) is 5.69 Å². The highest BCUT2D eigenvalue weighted by molar-refractivity contribution is 7.98. The van der Waals surface area contributed by atoms with Gasteiger partial charge in [0.05, 0.1) is 17.2 Å². The Balaban J connectivity index is 1.72. The van der Waals surface area contributed by atoms with Gasteiger partial charge < -0.3 is 15.0 Å². The summed E-state index contributed by atoms with van der Waals surface area (Å²) >= 11 is 14.4. The molecule has 1 aliphatic rings. The van der Waals surface area contributed by atoms with E-state index in [1.54, 1.807) is 61.5 Å². The van der Waals surface area contributed by atoms with Gasteiger partial charge in [-0.25, -0.2) is 8.42 Å². The maximum Gasteiger partial charge on any atom is 0.264 e. The molecule has 0 spiro atoms. The van der Waals surface area contributed by atoms with Crippen LogP contribution in [0.25, 0.3) is 0 Å². The van der Waals surface area contributed by atoms with E-state index in [0.717, 1.165) is 34.9 Å². The van der Waals surface area contributed by atoms with E-state index in [1.165, 1.54) is 28.8 Å². The Morgan fingerprint density at radius 1 is 1.00 bits per heavy atom. The van der Waals surface area contributed by atoms with Gasteiger partial charge in [-0.3, -0.25) is 13.9 Å². The molecule has 236 valence electrons. The predicted molar refractivity (Wildman–Crippen MR) is 177 cm³/mol. The number of halogens is 2. The van der Waals surface area contributed by atoms with Crippen molar-refractivity contribution >= 4 is 62.5 Å². The lowest BCUT2D eigenvalue weighted by molar-refractivity contribution is -0.139. The van der Waals surface area contributed by atoms with Gasteiger partial charge in [0.2, 0.25) is 11.8 Å². The van der Waals surface area contributed by atoms with Crippen LogP contribution in [0.15, 0.2) is 76.5 Å². The molecule has 1 N–H and O–H groups in total. The minimum atomic E-state index is -4.20. The highest BCUT2D eigenvalue weighted by Crippen LogP contribution is 2.30. The monoisotopic (exact) mass is 677 g/mol. The lowest BCUT2D eigenvalue weighted by atomic mass is 10.1. The average molecular weight is 679 g/mol. The SMILES string of the molecule is CCOc1ccc(N(CC(=O)N(Cc2c(Cl)cccc2Cl)[C@@H](C)C(=O)NC2CCCC2)S(=O)(=O)c2ccc(SC)cc2)cc1. The number of thioether (sulfide) groups is 1. The van der Waals surface area contributed by atoms with Crippen LogP contribution in [0.2, 0.25) is 10.0 Å². The first-order valence-corrected chi connectivity index (χ1v) is 17.9. The molecule has 8 nitrogen and oxygen atoms in total. The molecule has 1 atom stereocenters. The molecule has 0 aromatic heterocycles. The van der Waals surface area contributed by atoms with Crippen LogP contribution in [-0.2, 0) is 26.2 Å². The van der Waals surface area contributed by atoms with Crippen molar-refractivity contribution in [2.24, 2.45) is 0 Å². The summed E-state index contributed by atoms with van der Waals surface area (Å²) in [6.07, 6.45) is 5.72. The number of rotatable bonds is 13. The fraction of sp³-hybridized carbons (Fsp3) is 0.375. The van der Waals surface area contributed by atoms with E-state index in [4.69, 9.17) is 27.9 Å². The van der Waals surface area contributed by atoms with Gasteiger partial charge in [0, 0.05) is 33.1 Å². The highest BCUT2D eigenvalue weighted by atomic mass is 35.5.